The van der Waals surface area contributed by atoms with Crippen LogP contribution in [0.15, 0.2) is 12.2 Å². The van der Waals surface area contributed by atoms with Gasteiger partial charge in [0.15, 0.2) is 0 Å². The molecule has 0 bridgehead atoms. The van der Waals surface area contributed by atoms with Crippen LogP contribution in [0, 0.1) is 5.92 Å². The topological polar surface area (TPSA) is 15.3 Å². The molecule has 84 valence electrons. The van der Waals surface area contributed by atoms with E-state index in [1.165, 1.54) is 12.8 Å². The van der Waals surface area contributed by atoms with Gasteiger partial charge in [-0.05, 0) is 39.7 Å². The van der Waals surface area contributed by atoms with Crippen molar-refractivity contribution >= 4 is 0 Å². The number of rotatable bonds is 7. The molecule has 0 aromatic rings. The molecule has 2 atom stereocenters. The molecule has 0 heterocycles. The first-order chi connectivity index (χ1) is 6.67. The lowest BCUT2D eigenvalue weighted by atomic mass is 9.97. The Morgan fingerprint density at radius 3 is 2.43 bits per heavy atom. The molecule has 0 aromatic heterocycles. The number of hydrogen-bond donors (Lipinski definition) is 1. The number of hydrazine groups is 1. The summed E-state index contributed by atoms with van der Waals surface area (Å²) < 4.78 is 0. The molecule has 0 radical (unpaired) electrons. The van der Waals surface area contributed by atoms with E-state index in [9.17, 15) is 0 Å². The summed E-state index contributed by atoms with van der Waals surface area (Å²) in [6, 6.07) is 0.607. The second-order valence-corrected chi connectivity index (χ2v) is 3.87. The molecule has 0 saturated carbocycles. The Labute approximate surface area is 89.3 Å². The van der Waals surface area contributed by atoms with E-state index >= 15 is 0 Å². The van der Waals surface area contributed by atoms with Crippen LogP contribution in [0.5, 0.6) is 0 Å². The average Bonchev–Trinajstić information content (AvgIpc) is 2.19. The number of hydrogen-bond acceptors (Lipinski definition) is 2. The van der Waals surface area contributed by atoms with E-state index in [1.807, 2.05) is 7.05 Å². The third-order valence-electron chi connectivity index (χ3n) is 2.97. The largest absolute Gasteiger partial charge is 0.258 e. The Hall–Kier alpha value is -0.340. The Morgan fingerprint density at radius 2 is 2.00 bits per heavy atom. The fourth-order valence-electron chi connectivity index (χ4n) is 1.72. The molecule has 1 N–H and O–H groups in total. The first-order valence-corrected chi connectivity index (χ1v) is 5.72. The molecule has 0 spiro atoms. The van der Waals surface area contributed by atoms with Crippen LogP contribution < -0.4 is 5.43 Å². The van der Waals surface area contributed by atoms with Gasteiger partial charge in [-0.1, -0.05) is 26.0 Å². The summed E-state index contributed by atoms with van der Waals surface area (Å²) in [6.07, 6.45) is 6.85. The molecule has 14 heavy (non-hydrogen) atoms. The molecule has 0 aliphatic carbocycles. The van der Waals surface area contributed by atoms with Crippen molar-refractivity contribution in [1.29, 1.82) is 0 Å². The van der Waals surface area contributed by atoms with E-state index in [0.29, 0.717) is 6.04 Å². The van der Waals surface area contributed by atoms with Gasteiger partial charge in [0.05, 0.1) is 0 Å². The minimum absolute atomic E-state index is 0.607. The predicted octanol–water partition coefficient (Wildman–Crippen LogP) is 2.82. The average molecular weight is 198 g/mol. The molecule has 0 saturated heterocycles. The van der Waals surface area contributed by atoms with Crippen molar-refractivity contribution in [3.05, 3.63) is 12.2 Å². The van der Waals surface area contributed by atoms with E-state index in [-0.39, 0.29) is 0 Å². The molecule has 2 nitrogen and oxygen atoms in total. The summed E-state index contributed by atoms with van der Waals surface area (Å²) in [7, 11) is 2.00. The normalized spacial score (nSPS) is 16.4. The van der Waals surface area contributed by atoms with Gasteiger partial charge < -0.3 is 0 Å². The number of allylic oxidation sites excluding steroid dienone is 2. The van der Waals surface area contributed by atoms with E-state index in [1.54, 1.807) is 0 Å². The highest BCUT2D eigenvalue weighted by Gasteiger charge is 2.16. The summed E-state index contributed by atoms with van der Waals surface area (Å²) >= 11 is 0. The van der Waals surface area contributed by atoms with Crippen LogP contribution in [-0.4, -0.2) is 24.6 Å². The van der Waals surface area contributed by atoms with Crippen LogP contribution >= 0.6 is 0 Å². The van der Waals surface area contributed by atoms with E-state index in [2.05, 4.69) is 50.3 Å². The van der Waals surface area contributed by atoms with Gasteiger partial charge >= 0.3 is 0 Å². The highest BCUT2D eigenvalue weighted by Crippen LogP contribution is 2.14. The van der Waals surface area contributed by atoms with E-state index in [4.69, 9.17) is 0 Å². The van der Waals surface area contributed by atoms with Gasteiger partial charge in [-0.15, -0.1) is 0 Å². The lowest BCUT2D eigenvalue weighted by Crippen LogP contribution is -2.45. The van der Waals surface area contributed by atoms with Crippen molar-refractivity contribution in [3.63, 3.8) is 0 Å². The molecule has 0 fully saturated rings. The second-order valence-electron chi connectivity index (χ2n) is 3.87. The lowest BCUT2D eigenvalue weighted by Gasteiger charge is -2.31. The van der Waals surface area contributed by atoms with E-state index < -0.39 is 0 Å². The quantitative estimate of drug-likeness (QED) is 0.500. The first-order valence-electron chi connectivity index (χ1n) is 5.72. The van der Waals surface area contributed by atoms with Crippen molar-refractivity contribution in [2.24, 2.45) is 5.92 Å². The maximum atomic E-state index is 3.24. The zero-order valence-electron chi connectivity index (χ0n) is 10.4. The number of nitrogens with zero attached hydrogens (tertiary/aromatic N) is 1. The zero-order valence-corrected chi connectivity index (χ0v) is 10.4. The molecule has 0 rings (SSSR count). The van der Waals surface area contributed by atoms with Crippen LogP contribution in [0.2, 0.25) is 0 Å². The molecule has 0 aromatic carbocycles. The maximum absolute atomic E-state index is 3.24. The highest BCUT2D eigenvalue weighted by molar-refractivity contribution is 4.79. The summed E-state index contributed by atoms with van der Waals surface area (Å²) in [5.41, 5.74) is 3.24. The van der Waals surface area contributed by atoms with Gasteiger partial charge in [-0.2, -0.15) is 0 Å². The zero-order chi connectivity index (χ0) is 11.0. The standard InChI is InChI=1S/C12H26N2/c1-6-8-9-10-11(3)12(4)14(7-2)13-5/h6,8,11-13H,7,9-10H2,1-5H3/b8-6-. The predicted molar refractivity (Wildman–Crippen MR) is 64.1 cm³/mol. The van der Waals surface area contributed by atoms with Gasteiger partial charge in [0.1, 0.15) is 0 Å². The minimum atomic E-state index is 0.607. The van der Waals surface area contributed by atoms with Crippen molar-refractivity contribution < 1.29 is 0 Å². The molecule has 0 aliphatic rings. The summed E-state index contributed by atoms with van der Waals surface area (Å²) in [5, 5.41) is 2.29. The number of nitrogens with one attached hydrogen (secondary N) is 1. The molecule has 0 aliphatic heterocycles. The molecular weight excluding hydrogens is 172 g/mol. The van der Waals surface area contributed by atoms with Crippen LogP contribution in [0.3, 0.4) is 0 Å². The molecular formula is C12H26N2. The Bertz CT molecular complexity index is 150. The SMILES string of the molecule is C/C=C\CCC(C)C(C)N(CC)NC. The van der Waals surface area contributed by atoms with Crippen LogP contribution in [-0.2, 0) is 0 Å². The maximum Gasteiger partial charge on any atom is 0.0240 e. The van der Waals surface area contributed by atoms with Gasteiger partial charge in [-0.3, -0.25) is 5.43 Å². The minimum Gasteiger partial charge on any atom is -0.258 e. The molecule has 0 amide bonds. The van der Waals surface area contributed by atoms with Crippen molar-refractivity contribution in [3.8, 4) is 0 Å². The fourth-order valence-corrected chi connectivity index (χ4v) is 1.72. The van der Waals surface area contributed by atoms with Gasteiger partial charge in [0, 0.05) is 12.6 Å². The van der Waals surface area contributed by atoms with E-state index in [0.717, 1.165) is 12.5 Å². The monoisotopic (exact) mass is 198 g/mol. The summed E-state index contributed by atoms with van der Waals surface area (Å²) in [4.78, 5) is 0. The van der Waals surface area contributed by atoms with Gasteiger partial charge in [0.2, 0.25) is 0 Å². The fraction of sp³-hybridized carbons (Fsp3) is 0.833. The third-order valence-corrected chi connectivity index (χ3v) is 2.97. The highest BCUT2D eigenvalue weighted by atomic mass is 15.5. The van der Waals surface area contributed by atoms with Gasteiger partial charge in [-0.25, -0.2) is 5.01 Å². The van der Waals surface area contributed by atoms with Crippen molar-refractivity contribution in [2.45, 2.75) is 46.6 Å². The molecule has 2 heteroatoms. The smallest absolute Gasteiger partial charge is 0.0240 e. The summed E-state index contributed by atoms with van der Waals surface area (Å²) in [6.45, 7) is 9.95. The van der Waals surface area contributed by atoms with Crippen LogP contribution in [0.25, 0.3) is 0 Å². The Balaban J connectivity index is 3.89. The Kier molecular flexibility index (Phi) is 7.81. The molecule has 2 unspecified atom stereocenters. The van der Waals surface area contributed by atoms with Crippen LogP contribution in [0.4, 0.5) is 0 Å². The summed E-state index contributed by atoms with van der Waals surface area (Å²) in [5.74, 6) is 0.735. The third kappa shape index (κ3) is 4.77. The lowest BCUT2D eigenvalue weighted by molar-refractivity contribution is 0.115. The van der Waals surface area contributed by atoms with Gasteiger partial charge in [0.25, 0.3) is 0 Å². The second kappa shape index (κ2) is 8.01. The van der Waals surface area contributed by atoms with Crippen molar-refractivity contribution in [2.75, 3.05) is 13.6 Å². The van der Waals surface area contributed by atoms with Crippen molar-refractivity contribution in [1.82, 2.24) is 10.4 Å². The Morgan fingerprint density at radius 1 is 1.36 bits per heavy atom. The van der Waals surface area contributed by atoms with Crippen LogP contribution in [0.1, 0.15) is 40.5 Å². The first kappa shape index (κ1) is 13.7.